The molecule has 4 atom stereocenters. The average Bonchev–Trinajstić information content (AvgIpc) is 2.76. The van der Waals surface area contributed by atoms with E-state index in [1.165, 1.54) is 6.08 Å². The number of hydrogen-bond acceptors (Lipinski definition) is 6. The van der Waals surface area contributed by atoms with Crippen molar-refractivity contribution in [3.63, 3.8) is 0 Å². The Hall–Kier alpha value is -2.73. The number of hydrogen-bond donors (Lipinski definition) is 1. The molecule has 3 rings (SSSR count). The van der Waals surface area contributed by atoms with Gasteiger partial charge in [0.05, 0.1) is 18.6 Å². The second kappa shape index (κ2) is 8.42. The lowest BCUT2D eigenvalue weighted by atomic mass is 9.45. The van der Waals surface area contributed by atoms with Crippen LogP contribution < -0.4 is 4.74 Å². The summed E-state index contributed by atoms with van der Waals surface area (Å²) in [5.41, 5.74) is -1.81. The first-order valence-corrected chi connectivity index (χ1v) is 10.5. The maximum absolute atomic E-state index is 12.6. The van der Waals surface area contributed by atoms with E-state index in [0.717, 1.165) is 5.56 Å². The van der Waals surface area contributed by atoms with Crippen LogP contribution in [-0.4, -0.2) is 42.5 Å². The third-order valence-electron chi connectivity index (χ3n) is 7.41. The number of carbonyl (C=O) groups excluding carboxylic acids is 3. The van der Waals surface area contributed by atoms with Gasteiger partial charge < -0.3 is 19.4 Å². The van der Waals surface area contributed by atoms with Gasteiger partial charge in [0.25, 0.3) is 0 Å². The van der Waals surface area contributed by atoms with E-state index in [4.69, 9.17) is 9.47 Å². The number of carbonyl (C=O) groups is 3. The molecule has 1 N–H and O–H groups in total. The Kier molecular flexibility index (Phi) is 6.23. The van der Waals surface area contributed by atoms with Gasteiger partial charge >= 0.3 is 5.97 Å². The molecule has 1 fully saturated rings. The summed E-state index contributed by atoms with van der Waals surface area (Å²) in [4.78, 5) is 36.3. The van der Waals surface area contributed by atoms with Crippen molar-refractivity contribution in [3.8, 4) is 5.75 Å². The maximum atomic E-state index is 12.6. The molecule has 31 heavy (non-hydrogen) atoms. The molecule has 1 aromatic rings. The summed E-state index contributed by atoms with van der Waals surface area (Å²) < 4.78 is 10.9. The van der Waals surface area contributed by atoms with Gasteiger partial charge in [-0.25, -0.2) is 4.79 Å². The molecule has 1 saturated carbocycles. The lowest BCUT2D eigenvalue weighted by Gasteiger charge is -2.63. The van der Waals surface area contributed by atoms with Crippen LogP contribution in [0.25, 0.3) is 6.08 Å². The molecular formula is C25H30O6. The summed E-state index contributed by atoms with van der Waals surface area (Å²) in [7, 11) is 1.58. The minimum absolute atomic E-state index is 0.227. The van der Waals surface area contributed by atoms with Gasteiger partial charge in [-0.15, -0.1) is 0 Å². The van der Waals surface area contributed by atoms with Crippen LogP contribution in [0.5, 0.6) is 5.75 Å². The van der Waals surface area contributed by atoms with E-state index in [1.807, 2.05) is 26.0 Å². The van der Waals surface area contributed by atoms with Gasteiger partial charge in [0.15, 0.2) is 0 Å². The topological polar surface area (TPSA) is 89.9 Å². The molecule has 0 radical (unpaired) electrons. The van der Waals surface area contributed by atoms with E-state index in [0.29, 0.717) is 36.7 Å². The van der Waals surface area contributed by atoms with Gasteiger partial charge in [0.2, 0.25) is 0 Å². The van der Waals surface area contributed by atoms with E-state index < -0.39 is 34.4 Å². The number of benzene rings is 1. The first-order valence-electron chi connectivity index (χ1n) is 10.5. The Morgan fingerprint density at radius 1 is 1.16 bits per heavy atom. The van der Waals surface area contributed by atoms with E-state index in [9.17, 15) is 19.5 Å². The quantitative estimate of drug-likeness (QED) is 0.425. The van der Waals surface area contributed by atoms with Crippen molar-refractivity contribution in [1.29, 1.82) is 0 Å². The van der Waals surface area contributed by atoms with Crippen molar-refractivity contribution < 1.29 is 29.0 Å². The summed E-state index contributed by atoms with van der Waals surface area (Å²) in [6.45, 7) is 5.66. The zero-order valence-electron chi connectivity index (χ0n) is 18.5. The van der Waals surface area contributed by atoms with Crippen LogP contribution in [0.2, 0.25) is 0 Å². The normalized spacial score (nSPS) is 32.0. The Morgan fingerprint density at radius 2 is 1.84 bits per heavy atom. The highest BCUT2D eigenvalue weighted by Crippen LogP contribution is 2.62. The summed E-state index contributed by atoms with van der Waals surface area (Å²) in [6, 6.07) is 7.21. The summed E-state index contributed by atoms with van der Waals surface area (Å²) in [5, 5.41) is 11.8. The van der Waals surface area contributed by atoms with Crippen LogP contribution in [0, 0.1) is 16.7 Å². The molecule has 0 saturated heterocycles. The Morgan fingerprint density at radius 3 is 2.42 bits per heavy atom. The van der Waals surface area contributed by atoms with Gasteiger partial charge in [0.1, 0.15) is 24.4 Å². The molecule has 6 heteroatoms. The molecule has 6 nitrogen and oxygen atoms in total. The van der Waals surface area contributed by atoms with Crippen LogP contribution >= 0.6 is 0 Å². The van der Waals surface area contributed by atoms with E-state index in [1.54, 1.807) is 38.3 Å². The van der Waals surface area contributed by atoms with Gasteiger partial charge in [-0.3, -0.25) is 4.79 Å². The van der Waals surface area contributed by atoms with Crippen LogP contribution in [0.15, 0.2) is 42.0 Å². The zero-order chi connectivity index (χ0) is 22.9. The molecular weight excluding hydrogens is 396 g/mol. The van der Waals surface area contributed by atoms with Crippen LogP contribution in [0.1, 0.15) is 45.6 Å². The van der Waals surface area contributed by atoms with Crippen molar-refractivity contribution in [2.24, 2.45) is 16.7 Å². The molecule has 2 aliphatic carbocycles. The van der Waals surface area contributed by atoms with E-state index in [2.05, 4.69) is 0 Å². The van der Waals surface area contributed by atoms with Crippen LogP contribution in [0.4, 0.5) is 0 Å². The number of fused-ring (bicyclic) bond motifs is 1. The van der Waals surface area contributed by atoms with Crippen LogP contribution in [0.3, 0.4) is 0 Å². The molecule has 0 aromatic heterocycles. The lowest BCUT2D eigenvalue weighted by molar-refractivity contribution is -0.245. The Labute approximate surface area is 182 Å². The Balaban J connectivity index is 1.88. The van der Waals surface area contributed by atoms with E-state index >= 15 is 0 Å². The highest BCUT2D eigenvalue weighted by atomic mass is 16.5. The molecule has 0 aliphatic heterocycles. The van der Waals surface area contributed by atoms with Gasteiger partial charge in [-0.2, -0.15) is 0 Å². The van der Waals surface area contributed by atoms with Crippen molar-refractivity contribution >= 4 is 24.6 Å². The average molecular weight is 427 g/mol. The smallest absolute Gasteiger partial charge is 0.331 e. The third-order valence-corrected chi connectivity index (χ3v) is 7.41. The lowest BCUT2D eigenvalue weighted by Crippen LogP contribution is -2.69. The first kappa shape index (κ1) is 22.9. The molecule has 0 spiro atoms. The fourth-order valence-corrected chi connectivity index (χ4v) is 5.27. The largest absolute Gasteiger partial charge is 0.497 e. The minimum atomic E-state index is -1.30. The molecule has 0 bridgehead atoms. The molecule has 2 aliphatic rings. The second-order valence-corrected chi connectivity index (χ2v) is 9.24. The fourth-order valence-electron chi connectivity index (χ4n) is 5.27. The van der Waals surface area contributed by atoms with Crippen molar-refractivity contribution in [2.75, 3.05) is 7.11 Å². The minimum Gasteiger partial charge on any atom is -0.497 e. The summed E-state index contributed by atoms with van der Waals surface area (Å²) in [6.07, 6.45) is 6.59. The van der Waals surface area contributed by atoms with E-state index in [-0.39, 0.29) is 6.42 Å². The predicted molar refractivity (Wildman–Crippen MR) is 116 cm³/mol. The number of aldehydes is 2. The van der Waals surface area contributed by atoms with Gasteiger partial charge in [-0.1, -0.05) is 39.0 Å². The number of rotatable bonds is 6. The second-order valence-electron chi connectivity index (χ2n) is 9.24. The maximum Gasteiger partial charge on any atom is 0.331 e. The number of ether oxygens (including phenoxy) is 2. The fraction of sp³-hybridized carbons (Fsp3) is 0.480. The van der Waals surface area contributed by atoms with Crippen molar-refractivity contribution in [3.05, 3.63) is 47.6 Å². The third kappa shape index (κ3) is 3.74. The molecule has 0 heterocycles. The number of allylic oxidation sites excluding steroid dienone is 1. The van der Waals surface area contributed by atoms with Gasteiger partial charge in [0, 0.05) is 11.5 Å². The molecule has 0 amide bonds. The highest BCUT2D eigenvalue weighted by molar-refractivity contribution is 5.87. The molecule has 4 unspecified atom stereocenters. The monoisotopic (exact) mass is 426 g/mol. The molecule has 1 aromatic carbocycles. The SMILES string of the molecule is COc1ccc(C=CC(=O)OC2CCC(C)(C)C3(O)CC=C(C=O)C(C=O)C23C)cc1. The Bertz CT molecular complexity index is 912. The number of methoxy groups -OCH3 is 1. The molecule has 166 valence electrons. The number of aliphatic hydroxyl groups is 1. The summed E-state index contributed by atoms with van der Waals surface area (Å²) in [5.74, 6) is -0.698. The summed E-state index contributed by atoms with van der Waals surface area (Å²) >= 11 is 0. The standard InChI is InChI=1S/C25H30O6/c1-23(2)13-12-21(24(3)20(16-27)18(15-26)11-14-25(23,24)29)31-22(28)10-7-17-5-8-19(30-4)9-6-17/h5-11,15-16,20-21,29H,12-14H2,1-4H3. The highest BCUT2D eigenvalue weighted by Gasteiger charge is 2.67. The first-order chi connectivity index (χ1) is 14.6. The predicted octanol–water partition coefficient (Wildman–Crippen LogP) is 3.52. The van der Waals surface area contributed by atoms with Crippen LogP contribution in [-0.2, 0) is 19.1 Å². The zero-order valence-corrected chi connectivity index (χ0v) is 18.5. The van der Waals surface area contributed by atoms with Gasteiger partial charge in [-0.05, 0) is 54.0 Å². The number of esters is 1. The van der Waals surface area contributed by atoms with Crippen molar-refractivity contribution in [1.82, 2.24) is 0 Å². The van der Waals surface area contributed by atoms with Crippen molar-refractivity contribution in [2.45, 2.75) is 51.7 Å².